The fourth-order valence-corrected chi connectivity index (χ4v) is 3.16. The summed E-state index contributed by atoms with van der Waals surface area (Å²) in [5.74, 6) is 0. The quantitative estimate of drug-likeness (QED) is 0.262. The number of rotatable bonds is 7. The molecule has 0 fully saturated rings. The van der Waals surface area contributed by atoms with Gasteiger partial charge in [0, 0.05) is 0 Å². The zero-order valence-corrected chi connectivity index (χ0v) is 10.6. The number of aliphatic hydroxyl groups is 1. The number of nitrogens with one attached hydrogen (secondary N) is 3. The van der Waals surface area contributed by atoms with Crippen LogP contribution in [0.25, 0.3) is 0 Å². The molecule has 0 aliphatic carbocycles. The van der Waals surface area contributed by atoms with Crippen molar-refractivity contribution in [2.75, 3.05) is 25.2 Å². The lowest BCUT2D eigenvalue weighted by Gasteiger charge is -2.24. The Morgan fingerprint density at radius 1 is 0.833 bits per heavy atom. The summed E-state index contributed by atoms with van der Waals surface area (Å²) in [5.41, 5.74) is 14.8. The fraction of sp³-hybridized carbons (Fsp3) is 0.571. The van der Waals surface area contributed by atoms with Crippen molar-refractivity contribution < 1.29 is 19.5 Å². The van der Waals surface area contributed by atoms with Crippen molar-refractivity contribution in [3.63, 3.8) is 0 Å². The Morgan fingerprint density at radius 3 is 1.28 bits per heavy atom. The first kappa shape index (κ1) is 16.2. The molecule has 0 rings (SSSR count). The normalized spacial score (nSPS) is 10.5. The number of hydrogen-bond donors (Lipinski definition) is 7. The van der Waals surface area contributed by atoms with Crippen LogP contribution in [0.3, 0.4) is 0 Å². The summed E-state index contributed by atoms with van der Waals surface area (Å²) in [6.07, 6.45) is -0.202. The third kappa shape index (κ3) is 6.71. The third-order valence-electron chi connectivity index (χ3n) is 2.07. The summed E-state index contributed by atoms with van der Waals surface area (Å²) in [7, 11) is -2.32. The zero-order chi connectivity index (χ0) is 14.2. The lowest BCUT2D eigenvalue weighted by atomic mass is 11.0. The summed E-state index contributed by atoms with van der Waals surface area (Å²) < 4.78 is 0. The maximum Gasteiger partial charge on any atom is 0.314 e. The van der Waals surface area contributed by atoms with E-state index in [1.165, 1.54) is 0 Å². The third-order valence-corrected chi connectivity index (χ3v) is 5.15. The molecule has 0 aliphatic heterocycles. The molecule has 6 amide bonds. The Bertz CT molecular complexity index is 280. The molecule has 0 unspecified atom stereocenters. The predicted octanol–water partition coefficient (Wildman–Crippen LogP) is -2.17. The van der Waals surface area contributed by atoms with Gasteiger partial charge in [-0.3, -0.25) is 0 Å². The smallest absolute Gasteiger partial charge is 0.314 e. The van der Waals surface area contributed by atoms with Crippen LogP contribution in [0.2, 0.25) is 0 Å². The van der Waals surface area contributed by atoms with Crippen molar-refractivity contribution in [1.29, 1.82) is 0 Å². The van der Waals surface area contributed by atoms with Crippen LogP contribution in [0.1, 0.15) is 0 Å². The predicted molar refractivity (Wildman–Crippen MR) is 66.8 cm³/mol. The van der Waals surface area contributed by atoms with Gasteiger partial charge >= 0.3 is 18.1 Å². The molecule has 0 aliphatic rings. The van der Waals surface area contributed by atoms with Gasteiger partial charge < -0.3 is 38.3 Å². The van der Waals surface area contributed by atoms with E-state index in [2.05, 4.69) is 16.0 Å². The van der Waals surface area contributed by atoms with Gasteiger partial charge in [0.25, 0.3) is 0 Å². The Balaban J connectivity index is 4.63. The zero-order valence-electron chi connectivity index (χ0n) is 9.68. The number of nitrogens with two attached hydrogens (primary N) is 3. The average molecular weight is 281 g/mol. The minimum atomic E-state index is -2.32. The second kappa shape index (κ2) is 7.51. The Kier molecular flexibility index (Phi) is 6.76. The van der Waals surface area contributed by atoms with E-state index in [0.29, 0.717) is 0 Å². The highest BCUT2D eigenvalue weighted by Crippen LogP contribution is 2.54. The topological polar surface area (TPSA) is 186 Å². The van der Waals surface area contributed by atoms with E-state index in [-0.39, 0.29) is 25.2 Å². The maximum absolute atomic E-state index is 10.7. The van der Waals surface area contributed by atoms with Crippen LogP contribution in [-0.4, -0.2) is 48.4 Å². The van der Waals surface area contributed by atoms with Crippen molar-refractivity contribution in [3.8, 4) is 0 Å². The highest BCUT2D eigenvalue weighted by atomic mass is 31.2. The minimum absolute atomic E-state index is 0.0411. The van der Waals surface area contributed by atoms with Crippen molar-refractivity contribution in [1.82, 2.24) is 16.0 Å². The van der Waals surface area contributed by atoms with Crippen LogP contribution in [-0.2, 0) is 0 Å². The van der Waals surface area contributed by atoms with Gasteiger partial charge in [-0.05, 0) is 0 Å². The summed E-state index contributed by atoms with van der Waals surface area (Å²) in [4.78, 5) is 32.0. The number of amides is 6. The second-order valence-electron chi connectivity index (χ2n) is 3.58. The number of primary amides is 3. The summed E-state index contributed by atoms with van der Waals surface area (Å²) in [6.45, 7) is 0. The van der Waals surface area contributed by atoms with E-state index >= 15 is 0 Å². The molecule has 0 saturated carbocycles. The fourth-order valence-electron chi connectivity index (χ4n) is 1.05. The minimum Gasteiger partial charge on any atom is -0.361 e. The van der Waals surface area contributed by atoms with E-state index in [0.717, 1.165) is 0 Å². The second-order valence-corrected chi connectivity index (χ2v) is 7.50. The molecule has 0 aromatic carbocycles. The van der Waals surface area contributed by atoms with Gasteiger partial charge in [0.1, 0.15) is 26.1 Å². The van der Waals surface area contributed by atoms with Gasteiger partial charge in [-0.1, -0.05) is 0 Å². The lowest BCUT2D eigenvalue weighted by Crippen LogP contribution is -2.42. The summed E-state index contributed by atoms with van der Waals surface area (Å²) in [6, 6.07) is -2.32. The summed E-state index contributed by atoms with van der Waals surface area (Å²) >= 11 is 0. The molecule has 0 spiro atoms. The molecule has 104 valence electrons. The number of carbonyl (C=O) groups is 3. The Labute approximate surface area is 104 Å². The molecule has 0 aromatic rings. The van der Waals surface area contributed by atoms with Crippen LogP contribution >= 0.6 is 7.26 Å². The van der Waals surface area contributed by atoms with E-state index in [1.807, 2.05) is 0 Å². The molecule has 0 radical (unpaired) electrons. The van der Waals surface area contributed by atoms with Crippen molar-refractivity contribution in [3.05, 3.63) is 0 Å². The van der Waals surface area contributed by atoms with Crippen LogP contribution in [0.4, 0.5) is 14.4 Å². The molecular weight excluding hydrogens is 263 g/mol. The van der Waals surface area contributed by atoms with Crippen LogP contribution in [0, 0.1) is 0 Å². The number of aliphatic hydroxyl groups excluding tert-OH is 1. The maximum atomic E-state index is 10.7. The highest BCUT2D eigenvalue weighted by molar-refractivity contribution is 7.75. The highest BCUT2D eigenvalue weighted by Gasteiger charge is 2.38. The van der Waals surface area contributed by atoms with Gasteiger partial charge in [0.15, 0.2) is 6.35 Å². The number of carbonyl (C=O) groups excluding carboxylic acids is 3. The van der Waals surface area contributed by atoms with E-state index < -0.39 is 25.4 Å². The Morgan fingerprint density at radius 2 is 1.11 bits per heavy atom. The first-order chi connectivity index (χ1) is 8.31. The molecule has 0 heterocycles. The lowest BCUT2D eigenvalue weighted by molar-refractivity contribution is 0.250. The molecule has 10 N–H and O–H groups in total. The molecule has 10 nitrogen and oxygen atoms in total. The molecular formula is C7H18N6O4P+. The van der Waals surface area contributed by atoms with E-state index in [4.69, 9.17) is 17.2 Å². The SMILES string of the molecule is NC(=O)NC[P+](CO)(CNC(N)=O)CNC(N)=O. The molecule has 0 atom stereocenters. The molecule has 0 aromatic heterocycles. The largest absolute Gasteiger partial charge is 0.361 e. The van der Waals surface area contributed by atoms with Crippen LogP contribution < -0.4 is 33.2 Å². The van der Waals surface area contributed by atoms with Gasteiger partial charge in [-0.25, -0.2) is 14.4 Å². The van der Waals surface area contributed by atoms with Crippen LogP contribution in [0.5, 0.6) is 0 Å². The molecule has 0 bridgehead atoms. The van der Waals surface area contributed by atoms with Crippen LogP contribution in [0.15, 0.2) is 0 Å². The van der Waals surface area contributed by atoms with Gasteiger partial charge in [-0.15, -0.1) is 0 Å². The standard InChI is InChI=1S/C7H17N6O4P/c8-5(15)11-1-18(4-14,2-12-6(9)16)3-13-7(10)17/h14H,1-4H2,(H8-,8,9,10,11,12,13,15,16,17)/p+1. The van der Waals surface area contributed by atoms with E-state index in [9.17, 15) is 19.5 Å². The van der Waals surface area contributed by atoms with Gasteiger partial charge in [-0.2, -0.15) is 0 Å². The Hall–Kier alpha value is -1.80. The van der Waals surface area contributed by atoms with Crippen molar-refractivity contribution in [2.24, 2.45) is 17.2 Å². The average Bonchev–Trinajstić information content (AvgIpc) is 2.28. The molecule has 0 saturated heterocycles. The van der Waals surface area contributed by atoms with Gasteiger partial charge in [0.2, 0.25) is 0 Å². The summed E-state index contributed by atoms with van der Waals surface area (Å²) in [5, 5.41) is 16.4. The van der Waals surface area contributed by atoms with Crippen molar-refractivity contribution in [2.45, 2.75) is 0 Å². The van der Waals surface area contributed by atoms with E-state index in [1.54, 1.807) is 0 Å². The monoisotopic (exact) mass is 281 g/mol. The first-order valence-electron chi connectivity index (χ1n) is 4.87. The number of urea groups is 3. The number of hydrogen-bond acceptors (Lipinski definition) is 4. The van der Waals surface area contributed by atoms with Crippen molar-refractivity contribution >= 4 is 25.4 Å². The first-order valence-corrected chi connectivity index (χ1v) is 7.40. The van der Waals surface area contributed by atoms with Gasteiger partial charge in [0.05, 0.1) is 0 Å². The molecule has 11 heteroatoms. The molecule has 18 heavy (non-hydrogen) atoms.